The molecule has 2 N–H and O–H groups in total. The summed E-state index contributed by atoms with van der Waals surface area (Å²) in [6.07, 6.45) is 1.58. The fourth-order valence-corrected chi connectivity index (χ4v) is 3.19. The normalized spacial score (nSPS) is 14.3. The number of benzene rings is 2. The maximum atomic E-state index is 12.9. The third-order valence-electron chi connectivity index (χ3n) is 4.74. The Morgan fingerprint density at radius 3 is 2.54 bits per heavy atom. The molecular weight excluding hydrogens is 329 g/mol. The second-order valence-corrected chi connectivity index (χ2v) is 6.61. The van der Waals surface area contributed by atoms with Crippen molar-refractivity contribution >= 4 is 11.6 Å². The van der Waals surface area contributed by atoms with Gasteiger partial charge in [0.1, 0.15) is 5.82 Å². The molecule has 3 rings (SSSR count). The van der Waals surface area contributed by atoms with Crippen molar-refractivity contribution in [2.45, 2.75) is 19.8 Å². The van der Waals surface area contributed by atoms with E-state index < -0.39 is 0 Å². The van der Waals surface area contributed by atoms with Crippen LogP contribution in [0.1, 0.15) is 28.4 Å². The Morgan fingerprint density at radius 1 is 1.12 bits per heavy atom. The molecule has 0 aromatic heterocycles. The van der Waals surface area contributed by atoms with Crippen molar-refractivity contribution in [2.75, 3.05) is 37.6 Å². The fourth-order valence-electron chi connectivity index (χ4n) is 3.19. The van der Waals surface area contributed by atoms with E-state index in [9.17, 15) is 9.18 Å². The Kier molecular flexibility index (Phi) is 6.23. The molecule has 1 aliphatic heterocycles. The highest BCUT2D eigenvalue weighted by Crippen LogP contribution is 2.20. The first-order valence-electron chi connectivity index (χ1n) is 9.28. The number of carbonyl (C=O) groups excluding carboxylic acids is 1. The molecule has 2 aromatic rings. The Morgan fingerprint density at radius 2 is 1.85 bits per heavy atom. The molecule has 4 nitrogen and oxygen atoms in total. The quantitative estimate of drug-likeness (QED) is 0.837. The van der Waals surface area contributed by atoms with Crippen LogP contribution in [0.3, 0.4) is 0 Å². The molecule has 0 bridgehead atoms. The van der Waals surface area contributed by atoms with Crippen molar-refractivity contribution in [1.29, 1.82) is 0 Å². The van der Waals surface area contributed by atoms with Crippen molar-refractivity contribution in [2.24, 2.45) is 0 Å². The minimum absolute atomic E-state index is 0.0567. The molecule has 1 saturated heterocycles. The van der Waals surface area contributed by atoms with Crippen LogP contribution in [0.15, 0.2) is 42.5 Å². The van der Waals surface area contributed by atoms with E-state index in [1.54, 1.807) is 12.1 Å². The molecule has 1 aliphatic rings. The molecule has 138 valence electrons. The van der Waals surface area contributed by atoms with Crippen LogP contribution < -0.4 is 15.5 Å². The summed E-state index contributed by atoms with van der Waals surface area (Å²) >= 11 is 0. The summed E-state index contributed by atoms with van der Waals surface area (Å²) in [7, 11) is 0. The number of piperazine rings is 1. The average Bonchev–Trinajstić information content (AvgIpc) is 2.69. The van der Waals surface area contributed by atoms with Gasteiger partial charge >= 0.3 is 0 Å². The van der Waals surface area contributed by atoms with Gasteiger partial charge in [0.05, 0.1) is 0 Å². The molecule has 26 heavy (non-hydrogen) atoms. The minimum Gasteiger partial charge on any atom is -0.369 e. The number of halogens is 1. The summed E-state index contributed by atoms with van der Waals surface area (Å²) in [6.45, 7) is 6.49. The molecular formula is C21H26FN3O. The zero-order chi connectivity index (χ0) is 18.4. The summed E-state index contributed by atoms with van der Waals surface area (Å²) in [4.78, 5) is 14.9. The van der Waals surface area contributed by atoms with Crippen LogP contribution in [-0.4, -0.2) is 38.6 Å². The fraction of sp³-hybridized carbons (Fsp3) is 0.381. The van der Waals surface area contributed by atoms with Crippen molar-refractivity contribution in [1.82, 2.24) is 10.6 Å². The number of nitrogens with one attached hydrogen (secondary N) is 2. The predicted octanol–water partition coefficient (Wildman–Crippen LogP) is 2.77. The largest absolute Gasteiger partial charge is 0.369 e. The molecule has 2 aromatic carbocycles. The number of carbonyl (C=O) groups is 1. The van der Waals surface area contributed by atoms with Gasteiger partial charge in [-0.1, -0.05) is 19.1 Å². The summed E-state index contributed by atoms with van der Waals surface area (Å²) in [5.41, 5.74) is 4.01. The highest BCUT2D eigenvalue weighted by Gasteiger charge is 2.14. The average molecular weight is 355 g/mol. The van der Waals surface area contributed by atoms with E-state index in [2.05, 4.69) is 28.5 Å². The highest BCUT2D eigenvalue weighted by atomic mass is 19.1. The molecule has 0 atom stereocenters. The van der Waals surface area contributed by atoms with E-state index >= 15 is 0 Å². The first-order valence-corrected chi connectivity index (χ1v) is 9.28. The molecule has 0 saturated carbocycles. The SMILES string of the molecule is CCc1cc(C(=O)NCCc2ccc(F)cc2)cc(N2CCNCC2)c1. The van der Waals surface area contributed by atoms with Gasteiger partial charge in [-0.15, -0.1) is 0 Å². The summed E-state index contributed by atoms with van der Waals surface area (Å²) in [6, 6.07) is 12.5. The van der Waals surface area contributed by atoms with E-state index in [-0.39, 0.29) is 11.7 Å². The number of amides is 1. The van der Waals surface area contributed by atoms with E-state index in [4.69, 9.17) is 0 Å². The van der Waals surface area contributed by atoms with Crippen molar-refractivity contribution < 1.29 is 9.18 Å². The Bertz CT molecular complexity index is 739. The molecule has 0 spiro atoms. The number of rotatable bonds is 6. The second-order valence-electron chi connectivity index (χ2n) is 6.61. The van der Waals surface area contributed by atoms with Crippen LogP contribution in [0.2, 0.25) is 0 Å². The lowest BCUT2D eigenvalue weighted by Crippen LogP contribution is -2.43. The van der Waals surface area contributed by atoms with E-state index in [1.165, 1.54) is 17.7 Å². The summed E-state index contributed by atoms with van der Waals surface area (Å²) < 4.78 is 12.9. The van der Waals surface area contributed by atoms with Gasteiger partial charge in [0.2, 0.25) is 0 Å². The maximum absolute atomic E-state index is 12.9. The minimum atomic E-state index is -0.241. The standard InChI is InChI=1S/C21H26FN3O/c1-2-16-13-18(15-20(14-16)25-11-9-23-10-12-25)21(26)24-8-7-17-3-5-19(22)6-4-17/h3-6,13-15,23H,2,7-12H2,1H3,(H,24,26). The zero-order valence-corrected chi connectivity index (χ0v) is 15.2. The number of nitrogens with zero attached hydrogens (tertiary/aromatic N) is 1. The molecule has 5 heteroatoms. The van der Waals surface area contributed by atoms with Crippen LogP contribution in [0.25, 0.3) is 0 Å². The predicted molar refractivity (Wildman–Crippen MR) is 103 cm³/mol. The van der Waals surface area contributed by atoms with E-state index in [0.29, 0.717) is 18.5 Å². The number of hydrogen-bond acceptors (Lipinski definition) is 3. The van der Waals surface area contributed by atoms with Crippen molar-refractivity contribution in [3.8, 4) is 0 Å². The van der Waals surface area contributed by atoms with Gasteiger partial charge in [-0.3, -0.25) is 4.79 Å². The van der Waals surface area contributed by atoms with Crippen LogP contribution in [-0.2, 0) is 12.8 Å². The molecule has 0 unspecified atom stereocenters. The number of aryl methyl sites for hydroxylation is 1. The van der Waals surface area contributed by atoms with Gasteiger partial charge in [0, 0.05) is 44.0 Å². The lowest BCUT2D eigenvalue weighted by atomic mass is 10.1. The van der Waals surface area contributed by atoms with Crippen LogP contribution in [0, 0.1) is 5.82 Å². The highest BCUT2D eigenvalue weighted by molar-refractivity contribution is 5.95. The van der Waals surface area contributed by atoms with Gasteiger partial charge in [-0.05, 0) is 54.3 Å². The maximum Gasteiger partial charge on any atom is 0.251 e. The first kappa shape index (κ1) is 18.4. The molecule has 0 radical (unpaired) electrons. The lowest BCUT2D eigenvalue weighted by Gasteiger charge is -2.30. The molecule has 1 fully saturated rings. The van der Waals surface area contributed by atoms with Gasteiger partial charge < -0.3 is 15.5 Å². The lowest BCUT2D eigenvalue weighted by molar-refractivity contribution is 0.0954. The van der Waals surface area contributed by atoms with Crippen LogP contribution in [0.4, 0.5) is 10.1 Å². The zero-order valence-electron chi connectivity index (χ0n) is 15.2. The Balaban J connectivity index is 1.64. The second kappa shape index (κ2) is 8.81. The smallest absolute Gasteiger partial charge is 0.251 e. The number of hydrogen-bond donors (Lipinski definition) is 2. The Labute approximate surface area is 154 Å². The molecule has 0 aliphatic carbocycles. The third kappa shape index (κ3) is 4.82. The molecule has 1 amide bonds. The summed E-state index contributed by atoms with van der Waals surface area (Å²) in [5, 5.41) is 6.33. The Hall–Kier alpha value is -2.40. The van der Waals surface area contributed by atoms with Gasteiger partial charge in [-0.25, -0.2) is 4.39 Å². The van der Waals surface area contributed by atoms with Crippen molar-refractivity contribution in [3.05, 3.63) is 65.0 Å². The van der Waals surface area contributed by atoms with E-state index in [0.717, 1.165) is 43.9 Å². The summed E-state index contributed by atoms with van der Waals surface area (Å²) in [5.74, 6) is -0.298. The van der Waals surface area contributed by atoms with Gasteiger partial charge in [0.25, 0.3) is 5.91 Å². The molecule has 1 heterocycles. The monoisotopic (exact) mass is 355 g/mol. The van der Waals surface area contributed by atoms with Crippen molar-refractivity contribution in [3.63, 3.8) is 0 Å². The van der Waals surface area contributed by atoms with Crippen LogP contribution >= 0.6 is 0 Å². The van der Waals surface area contributed by atoms with Gasteiger partial charge in [0.15, 0.2) is 0 Å². The van der Waals surface area contributed by atoms with Crippen LogP contribution in [0.5, 0.6) is 0 Å². The van der Waals surface area contributed by atoms with Gasteiger partial charge in [-0.2, -0.15) is 0 Å². The topological polar surface area (TPSA) is 44.4 Å². The number of anilines is 1. The third-order valence-corrected chi connectivity index (χ3v) is 4.74. The first-order chi connectivity index (χ1) is 12.7. The van der Waals surface area contributed by atoms with E-state index in [1.807, 2.05) is 12.1 Å².